The van der Waals surface area contributed by atoms with Gasteiger partial charge in [0, 0.05) is 24.3 Å². The monoisotopic (exact) mass is 374 g/mol. The fourth-order valence-corrected chi connectivity index (χ4v) is 4.05. The van der Waals surface area contributed by atoms with Crippen molar-refractivity contribution >= 4 is 11.4 Å². The number of nitrogens with zero attached hydrogens (tertiary/aromatic N) is 2. The Balaban J connectivity index is 1.80. The van der Waals surface area contributed by atoms with Gasteiger partial charge in [0.05, 0.1) is 9.85 Å². The van der Waals surface area contributed by atoms with Gasteiger partial charge in [0.1, 0.15) is 0 Å². The molecule has 0 amide bonds. The van der Waals surface area contributed by atoms with Crippen LogP contribution in [0.25, 0.3) is 22.3 Å². The summed E-state index contributed by atoms with van der Waals surface area (Å²) < 4.78 is 0. The Labute approximate surface area is 161 Å². The Morgan fingerprint density at radius 1 is 0.750 bits per heavy atom. The molecule has 1 unspecified atom stereocenters. The van der Waals surface area contributed by atoms with E-state index < -0.39 is 9.85 Å². The van der Waals surface area contributed by atoms with Gasteiger partial charge in [0.15, 0.2) is 0 Å². The van der Waals surface area contributed by atoms with E-state index in [9.17, 15) is 20.2 Å². The Kier molecular flexibility index (Phi) is 4.39. The van der Waals surface area contributed by atoms with Gasteiger partial charge in [-0.1, -0.05) is 19.1 Å². The largest absolute Gasteiger partial charge is 0.269 e. The minimum absolute atomic E-state index is 0.0796. The summed E-state index contributed by atoms with van der Waals surface area (Å²) in [5.41, 5.74) is 6.81. The van der Waals surface area contributed by atoms with E-state index in [-0.39, 0.29) is 11.4 Å². The molecule has 6 nitrogen and oxygen atoms in total. The van der Waals surface area contributed by atoms with Crippen LogP contribution in [0.15, 0.2) is 60.7 Å². The first-order valence-corrected chi connectivity index (χ1v) is 9.11. The van der Waals surface area contributed by atoms with Crippen LogP contribution in [0.5, 0.6) is 0 Å². The van der Waals surface area contributed by atoms with Crippen molar-refractivity contribution < 1.29 is 9.85 Å². The van der Waals surface area contributed by atoms with Gasteiger partial charge in [-0.2, -0.15) is 0 Å². The predicted octanol–water partition coefficient (Wildman–Crippen LogP) is 5.89. The van der Waals surface area contributed by atoms with Crippen LogP contribution in [0.4, 0.5) is 11.4 Å². The smallest absolute Gasteiger partial charge is 0.258 e. The third-order valence-corrected chi connectivity index (χ3v) is 5.46. The van der Waals surface area contributed by atoms with Crippen LogP contribution in [0.2, 0.25) is 0 Å². The highest BCUT2D eigenvalue weighted by Crippen LogP contribution is 2.44. The van der Waals surface area contributed by atoms with Crippen molar-refractivity contribution in [3.05, 3.63) is 92.0 Å². The molecule has 4 rings (SSSR count). The molecular formula is C22H18N2O4. The summed E-state index contributed by atoms with van der Waals surface area (Å²) in [6.45, 7) is 2.19. The van der Waals surface area contributed by atoms with Crippen LogP contribution >= 0.6 is 0 Å². The van der Waals surface area contributed by atoms with E-state index in [1.807, 2.05) is 0 Å². The molecule has 140 valence electrons. The lowest BCUT2D eigenvalue weighted by molar-refractivity contribution is -0.385. The number of rotatable bonds is 4. The summed E-state index contributed by atoms with van der Waals surface area (Å²) in [5, 5.41) is 21.8. The molecule has 0 bridgehead atoms. The number of hydrogen-bond donors (Lipinski definition) is 0. The Morgan fingerprint density at radius 3 is 1.71 bits per heavy atom. The van der Waals surface area contributed by atoms with Crippen molar-refractivity contribution in [1.82, 2.24) is 0 Å². The maximum atomic E-state index is 10.9. The number of non-ortho nitro benzene ring substituents is 2. The zero-order valence-electron chi connectivity index (χ0n) is 15.3. The fourth-order valence-electron chi connectivity index (χ4n) is 4.05. The highest BCUT2D eigenvalue weighted by atomic mass is 16.6. The molecule has 28 heavy (non-hydrogen) atoms. The molecule has 0 aliphatic heterocycles. The molecule has 0 heterocycles. The molecule has 1 aliphatic carbocycles. The SMILES string of the molecule is CC1CCc2c(-c3ccc([N+](=O)[O-])cc3)ccc(-c3ccc([N+](=O)[O-])cc3)c21. The van der Waals surface area contributed by atoms with Gasteiger partial charge in [-0.3, -0.25) is 20.2 Å². The lowest BCUT2D eigenvalue weighted by Crippen LogP contribution is -1.96. The highest BCUT2D eigenvalue weighted by Gasteiger charge is 2.26. The second-order valence-corrected chi connectivity index (χ2v) is 7.10. The van der Waals surface area contributed by atoms with Crippen LogP contribution in [-0.2, 0) is 6.42 Å². The highest BCUT2D eigenvalue weighted by molar-refractivity contribution is 5.79. The Morgan fingerprint density at radius 2 is 1.21 bits per heavy atom. The maximum Gasteiger partial charge on any atom is 0.269 e. The van der Waals surface area contributed by atoms with Crippen LogP contribution in [0, 0.1) is 20.2 Å². The molecule has 3 aromatic rings. The van der Waals surface area contributed by atoms with E-state index in [1.54, 1.807) is 24.3 Å². The second-order valence-electron chi connectivity index (χ2n) is 7.10. The normalized spacial score (nSPS) is 15.2. The third-order valence-electron chi connectivity index (χ3n) is 5.46. The van der Waals surface area contributed by atoms with Gasteiger partial charge < -0.3 is 0 Å². The zero-order chi connectivity index (χ0) is 19.8. The Bertz CT molecular complexity index is 1070. The summed E-state index contributed by atoms with van der Waals surface area (Å²) in [6.07, 6.45) is 1.99. The van der Waals surface area contributed by atoms with Crippen molar-refractivity contribution in [3.63, 3.8) is 0 Å². The van der Waals surface area contributed by atoms with E-state index >= 15 is 0 Å². The van der Waals surface area contributed by atoms with Crippen LogP contribution in [0.1, 0.15) is 30.4 Å². The minimum atomic E-state index is -0.395. The van der Waals surface area contributed by atoms with Crippen LogP contribution < -0.4 is 0 Å². The van der Waals surface area contributed by atoms with Crippen LogP contribution in [0.3, 0.4) is 0 Å². The van der Waals surface area contributed by atoms with Gasteiger partial charge in [-0.15, -0.1) is 0 Å². The van der Waals surface area contributed by atoms with E-state index in [0.717, 1.165) is 35.1 Å². The molecular weight excluding hydrogens is 356 g/mol. The van der Waals surface area contributed by atoms with Crippen molar-refractivity contribution in [3.8, 4) is 22.3 Å². The van der Waals surface area contributed by atoms with E-state index in [2.05, 4.69) is 19.1 Å². The molecule has 0 spiro atoms. The average Bonchev–Trinajstić information content (AvgIpc) is 3.09. The standard InChI is InChI=1S/C22H18N2O4/c1-14-2-11-21-19(15-3-7-17(8-4-15)23(25)26)12-13-20(22(14)21)16-5-9-18(10-6-16)24(27)28/h3-10,12-14H,2,11H2,1H3. The first kappa shape index (κ1) is 17.9. The summed E-state index contributed by atoms with van der Waals surface area (Å²) in [7, 11) is 0. The summed E-state index contributed by atoms with van der Waals surface area (Å²) in [6, 6.07) is 17.4. The summed E-state index contributed by atoms with van der Waals surface area (Å²) in [4.78, 5) is 21.0. The second kappa shape index (κ2) is 6.88. The van der Waals surface area contributed by atoms with Gasteiger partial charge in [0.25, 0.3) is 11.4 Å². The van der Waals surface area contributed by atoms with Crippen molar-refractivity contribution in [2.24, 2.45) is 0 Å². The number of fused-ring (bicyclic) bond motifs is 1. The Hall–Kier alpha value is -3.54. The summed E-state index contributed by atoms with van der Waals surface area (Å²) >= 11 is 0. The average molecular weight is 374 g/mol. The van der Waals surface area contributed by atoms with Gasteiger partial charge in [-0.05, 0) is 76.4 Å². The molecule has 1 aliphatic rings. The van der Waals surface area contributed by atoms with Gasteiger partial charge in [0.2, 0.25) is 0 Å². The molecule has 0 fully saturated rings. The molecule has 1 atom stereocenters. The lowest BCUT2D eigenvalue weighted by Gasteiger charge is -2.16. The molecule has 6 heteroatoms. The first-order valence-electron chi connectivity index (χ1n) is 9.11. The van der Waals surface area contributed by atoms with Crippen LogP contribution in [-0.4, -0.2) is 9.85 Å². The zero-order valence-corrected chi connectivity index (χ0v) is 15.3. The van der Waals surface area contributed by atoms with Crippen molar-refractivity contribution in [2.45, 2.75) is 25.7 Å². The topological polar surface area (TPSA) is 86.3 Å². The third kappa shape index (κ3) is 3.03. The van der Waals surface area contributed by atoms with Gasteiger partial charge >= 0.3 is 0 Å². The molecule has 0 aromatic heterocycles. The predicted molar refractivity (Wildman–Crippen MR) is 107 cm³/mol. The molecule has 0 saturated carbocycles. The van der Waals surface area contributed by atoms with Crippen molar-refractivity contribution in [1.29, 1.82) is 0 Å². The first-order chi connectivity index (χ1) is 13.5. The molecule has 0 radical (unpaired) electrons. The molecule has 0 N–H and O–H groups in total. The number of hydrogen-bond acceptors (Lipinski definition) is 4. The number of nitro benzene ring substituents is 2. The van der Waals surface area contributed by atoms with E-state index in [0.29, 0.717) is 5.92 Å². The minimum Gasteiger partial charge on any atom is -0.258 e. The molecule has 0 saturated heterocycles. The molecule has 3 aromatic carbocycles. The fraction of sp³-hybridized carbons (Fsp3) is 0.182. The lowest BCUT2D eigenvalue weighted by atomic mass is 9.88. The quantitative estimate of drug-likeness (QED) is 0.421. The van der Waals surface area contributed by atoms with Crippen molar-refractivity contribution in [2.75, 3.05) is 0 Å². The van der Waals surface area contributed by atoms with E-state index in [4.69, 9.17) is 0 Å². The number of nitro groups is 2. The van der Waals surface area contributed by atoms with Gasteiger partial charge in [-0.25, -0.2) is 0 Å². The summed E-state index contributed by atoms with van der Waals surface area (Å²) in [5.74, 6) is 0.387. The maximum absolute atomic E-state index is 10.9. The van der Waals surface area contributed by atoms with E-state index in [1.165, 1.54) is 35.4 Å². The number of benzene rings is 3.